The highest BCUT2D eigenvalue weighted by molar-refractivity contribution is 5.29. The molecule has 28 heavy (non-hydrogen) atoms. The van der Waals surface area contributed by atoms with Crippen molar-refractivity contribution in [2.75, 3.05) is 31.1 Å². The SMILES string of the molecule is Cn1c(=O)cnn([C@H]2CC[C@H](N3CCN(c4ncc(F)cn4)CC3)CC2)c1=O. The molecule has 0 atom stereocenters. The summed E-state index contributed by atoms with van der Waals surface area (Å²) in [6.07, 6.45) is 7.35. The van der Waals surface area contributed by atoms with Crippen LogP contribution in [0.2, 0.25) is 0 Å². The van der Waals surface area contributed by atoms with Crippen LogP contribution in [0.1, 0.15) is 31.7 Å². The second kappa shape index (κ2) is 7.78. The van der Waals surface area contributed by atoms with E-state index in [1.54, 1.807) is 0 Å². The van der Waals surface area contributed by atoms with E-state index in [0.29, 0.717) is 12.0 Å². The summed E-state index contributed by atoms with van der Waals surface area (Å²) < 4.78 is 15.6. The van der Waals surface area contributed by atoms with E-state index in [-0.39, 0.29) is 17.3 Å². The molecule has 0 spiro atoms. The first kappa shape index (κ1) is 18.7. The Hall–Kier alpha value is -2.62. The maximum absolute atomic E-state index is 13.0. The molecule has 2 aromatic heterocycles. The lowest BCUT2D eigenvalue weighted by atomic mass is 9.90. The van der Waals surface area contributed by atoms with Gasteiger partial charge in [0.15, 0.2) is 5.82 Å². The van der Waals surface area contributed by atoms with E-state index in [9.17, 15) is 14.0 Å². The van der Waals surface area contributed by atoms with E-state index in [1.165, 1.54) is 30.3 Å². The van der Waals surface area contributed by atoms with E-state index in [2.05, 4.69) is 24.9 Å². The number of anilines is 1. The van der Waals surface area contributed by atoms with Crippen LogP contribution in [0.25, 0.3) is 0 Å². The molecule has 10 heteroatoms. The number of rotatable bonds is 3. The predicted octanol–water partition coefficient (Wildman–Crippen LogP) is 0.177. The van der Waals surface area contributed by atoms with E-state index in [1.807, 2.05) is 0 Å². The Morgan fingerprint density at radius 2 is 1.54 bits per heavy atom. The maximum Gasteiger partial charge on any atom is 0.347 e. The van der Waals surface area contributed by atoms with E-state index in [4.69, 9.17) is 0 Å². The lowest BCUT2D eigenvalue weighted by Crippen LogP contribution is -2.52. The Kier molecular flexibility index (Phi) is 5.21. The van der Waals surface area contributed by atoms with Crippen LogP contribution in [-0.2, 0) is 7.05 Å². The fourth-order valence-electron chi connectivity index (χ4n) is 4.17. The van der Waals surface area contributed by atoms with Crippen molar-refractivity contribution < 1.29 is 4.39 Å². The van der Waals surface area contributed by atoms with Crippen LogP contribution in [-0.4, -0.2) is 61.4 Å². The van der Waals surface area contributed by atoms with E-state index in [0.717, 1.165) is 56.4 Å². The number of aromatic nitrogens is 5. The minimum atomic E-state index is -0.425. The number of halogens is 1. The highest BCUT2D eigenvalue weighted by Gasteiger charge is 2.30. The van der Waals surface area contributed by atoms with Crippen LogP contribution in [0.5, 0.6) is 0 Å². The van der Waals surface area contributed by atoms with Gasteiger partial charge >= 0.3 is 5.69 Å². The van der Waals surface area contributed by atoms with Gasteiger partial charge in [0.25, 0.3) is 5.56 Å². The van der Waals surface area contributed by atoms with Crippen LogP contribution >= 0.6 is 0 Å². The average Bonchev–Trinajstić information content (AvgIpc) is 2.73. The van der Waals surface area contributed by atoms with Gasteiger partial charge in [-0.05, 0) is 25.7 Å². The zero-order chi connectivity index (χ0) is 19.7. The van der Waals surface area contributed by atoms with Crippen LogP contribution in [0.4, 0.5) is 10.3 Å². The fourth-order valence-corrected chi connectivity index (χ4v) is 4.17. The van der Waals surface area contributed by atoms with Gasteiger partial charge in [0, 0.05) is 39.3 Å². The normalized spacial score (nSPS) is 23.7. The van der Waals surface area contributed by atoms with E-state index >= 15 is 0 Å². The summed E-state index contributed by atoms with van der Waals surface area (Å²) in [5.74, 6) is 0.149. The van der Waals surface area contributed by atoms with Crippen LogP contribution < -0.4 is 16.1 Å². The second-order valence-corrected chi connectivity index (χ2v) is 7.46. The van der Waals surface area contributed by atoms with Gasteiger partial charge in [-0.25, -0.2) is 23.8 Å². The highest BCUT2D eigenvalue weighted by atomic mass is 19.1. The van der Waals surface area contributed by atoms with Gasteiger partial charge in [-0.1, -0.05) is 0 Å². The third-order valence-electron chi connectivity index (χ3n) is 5.84. The molecule has 2 aliphatic rings. The lowest BCUT2D eigenvalue weighted by Gasteiger charge is -2.41. The van der Waals surface area contributed by atoms with Crippen molar-refractivity contribution in [1.29, 1.82) is 0 Å². The van der Waals surface area contributed by atoms with Crippen LogP contribution in [0.15, 0.2) is 28.2 Å². The summed E-state index contributed by atoms with van der Waals surface area (Å²) in [6, 6.07) is 0.528. The number of hydrogen-bond acceptors (Lipinski definition) is 7. The second-order valence-electron chi connectivity index (χ2n) is 7.46. The molecule has 4 rings (SSSR count). The Balaban J connectivity index is 1.33. The van der Waals surface area contributed by atoms with Gasteiger partial charge < -0.3 is 4.90 Å². The van der Waals surface area contributed by atoms with Gasteiger partial charge in [-0.2, -0.15) is 5.10 Å². The molecule has 2 fully saturated rings. The van der Waals surface area contributed by atoms with Gasteiger partial charge in [-0.3, -0.25) is 14.3 Å². The molecule has 150 valence electrons. The zero-order valence-electron chi connectivity index (χ0n) is 15.9. The number of nitrogens with zero attached hydrogens (tertiary/aromatic N) is 7. The Bertz CT molecular complexity index is 926. The Labute approximate surface area is 161 Å². The standard InChI is InChI=1S/C18H24FN7O2/c1-23-16(27)12-22-26(18(23)28)15-4-2-14(3-5-15)24-6-8-25(9-7-24)17-20-10-13(19)11-21-17/h10-12,14-15H,2-9H2,1H3/t14-,15-. The van der Waals surface area contributed by atoms with Gasteiger partial charge in [0.05, 0.1) is 18.4 Å². The first-order valence-electron chi connectivity index (χ1n) is 9.64. The van der Waals surface area contributed by atoms with Crippen molar-refractivity contribution in [3.05, 3.63) is 45.2 Å². The largest absolute Gasteiger partial charge is 0.347 e. The number of piperazine rings is 1. The third kappa shape index (κ3) is 3.68. The quantitative estimate of drug-likeness (QED) is 0.740. The van der Waals surface area contributed by atoms with Gasteiger partial charge in [0.1, 0.15) is 6.20 Å². The van der Waals surface area contributed by atoms with Crippen molar-refractivity contribution in [1.82, 2.24) is 29.2 Å². The number of hydrogen-bond donors (Lipinski definition) is 0. The van der Waals surface area contributed by atoms with Crippen molar-refractivity contribution in [3.63, 3.8) is 0 Å². The minimum Gasteiger partial charge on any atom is -0.338 e. The van der Waals surface area contributed by atoms with Gasteiger partial charge in [-0.15, -0.1) is 0 Å². The molecule has 0 unspecified atom stereocenters. The summed E-state index contributed by atoms with van der Waals surface area (Å²) in [5.41, 5.74) is -0.721. The van der Waals surface area contributed by atoms with Crippen molar-refractivity contribution in [2.45, 2.75) is 37.8 Å². The first-order chi connectivity index (χ1) is 13.5. The third-order valence-corrected chi connectivity index (χ3v) is 5.84. The van der Waals surface area contributed by atoms with E-state index < -0.39 is 5.82 Å². The molecular weight excluding hydrogens is 365 g/mol. The van der Waals surface area contributed by atoms with Crippen LogP contribution in [0.3, 0.4) is 0 Å². The summed E-state index contributed by atoms with van der Waals surface area (Å²) in [6.45, 7) is 3.45. The maximum atomic E-state index is 13.0. The van der Waals surface area contributed by atoms with Crippen molar-refractivity contribution >= 4 is 5.95 Å². The van der Waals surface area contributed by atoms with Crippen molar-refractivity contribution in [2.24, 2.45) is 7.05 Å². The molecule has 9 nitrogen and oxygen atoms in total. The molecule has 1 aliphatic carbocycles. The minimum absolute atomic E-state index is 0.0458. The predicted molar refractivity (Wildman–Crippen MR) is 101 cm³/mol. The van der Waals surface area contributed by atoms with Crippen LogP contribution in [0, 0.1) is 5.82 Å². The molecule has 1 saturated heterocycles. The average molecular weight is 389 g/mol. The molecule has 2 aromatic rings. The Morgan fingerprint density at radius 3 is 2.18 bits per heavy atom. The summed E-state index contributed by atoms with van der Waals surface area (Å²) in [5, 5.41) is 4.06. The topological polar surface area (TPSA) is 89.2 Å². The van der Waals surface area contributed by atoms with Crippen molar-refractivity contribution in [3.8, 4) is 0 Å². The van der Waals surface area contributed by atoms with Gasteiger partial charge in [0.2, 0.25) is 5.95 Å². The first-order valence-corrected chi connectivity index (χ1v) is 9.64. The summed E-state index contributed by atoms with van der Waals surface area (Å²) in [7, 11) is 1.48. The summed E-state index contributed by atoms with van der Waals surface area (Å²) >= 11 is 0. The molecule has 3 heterocycles. The Morgan fingerprint density at radius 1 is 0.929 bits per heavy atom. The molecule has 1 saturated carbocycles. The molecule has 0 amide bonds. The molecule has 1 aliphatic heterocycles. The molecule has 0 aromatic carbocycles. The molecule has 0 radical (unpaired) electrons. The zero-order valence-corrected chi connectivity index (χ0v) is 15.9. The monoisotopic (exact) mass is 389 g/mol. The highest BCUT2D eigenvalue weighted by Crippen LogP contribution is 2.30. The smallest absolute Gasteiger partial charge is 0.338 e. The molecular formula is C18H24FN7O2. The lowest BCUT2D eigenvalue weighted by molar-refractivity contribution is 0.125. The fraction of sp³-hybridized carbons (Fsp3) is 0.611. The summed E-state index contributed by atoms with van der Waals surface area (Å²) in [4.78, 5) is 36.5. The molecule has 0 N–H and O–H groups in total. The molecule has 0 bridgehead atoms.